The van der Waals surface area contributed by atoms with Crippen molar-refractivity contribution in [2.45, 2.75) is 44.2 Å². The van der Waals surface area contributed by atoms with E-state index in [4.69, 9.17) is 5.26 Å². The summed E-state index contributed by atoms with van der Waals surface area (Å²) in [5.41, 5.74) is 0.384. The second kappa shape index (κ2) is 7.08. The van der Waals surface area contributed by atoms with E-state index in [-0.39, 0.29) is 6.04 Å². The van der Waals surface area contributed by atoms with E-state index in [1.807, 2.05) is 6.92 Å². The molecule has 1 fully saturated rings. The quantitative estimate of drug-likeness (QED) is 0.707. The molecule has 1 rings (SSSR count). The molecule has 4 nitrogen and oxygen atoms in total. The minimum atomic E-state index is -0.00542. The summed E-state index contributed by atoms with van der Waals surface area (Å²) >= 11 is 0. The van der Waals surface area contributed by atoms with E-state index in [1.165, 1.54) is 19.3 Å². The molecule has 104 valence electrons. The summed E-state index contributed by atoms with van der Waals surface area (Å²) in [6.45, 7) is 5.01. The highest BCUT2D eigenvalue weighted by molar-refractivity contribution is 4.98. The Morgan fingerprint density at radius 1 is 1.33 bits per heavy atom. The summed E-state index contributed by atoms with van der Waals surface area (Å²) in [6, 6.07) is 2.32. The van der Waals surface area contributed by atoms with Gasteiger partial charge in [-0.05, 0) is 53.4 Å². The third-order valence-electron chi connectivity index (χ3n) is 4.20. The number of hydrogen-bond donors (Lipinski definition) is 1. The predicted molar refractivity (Wildman–Crippen MR) is 75.5 cm³/mol. The lowest BCUT2D eigenvalue weighted by Gasteiger charge is -2.49. The highest BCUT2D eigenvalue weighted by Gasteiger charge is 2.39. The molecule has 4 heteroatoms. The average Bonchev–Trinajstić information content (AvgIpc) is 2.28. The number of nitrogens with one attached hydrogen (secondary N) is 1. The standard InChI is InChI=1S/C14H28N4/c1-5-16-13(11-15)7-10-18(4)12-14(17(2)3)8-6-9-14/h13,16H,5-10,12H2,1-4H3. The monoisotopic (exact) mass is 252 g/mol. The second-order valence-electron chi connectivity index (χ2n) is 5.74. The minimum absolute atomic E-state index is 0.00542. The summed E-state index contributed by atoms with van der Waals surface area (Å²) in [5.74, 6) is 0. The fourth-order valence-electron chi connectivity index (χ4n) is 2.72. The van der Waals surface area contributed by atoms with Crippen molar-refractivity contribution in [3.63, 3.8) is 0 Å². The molecule has 1 unspecified atom stereocenters. The molecule has 0 spiro atoms. The first-order chi connectivity index (χ1) is 8.54. The van der Waals surface area contributed by atoms with Gasteiger partial charge in [-0.3, -0.25) is 0 Å². The molecule has 0 aromatic rings. The van der Waals surface area contributed by atoms with Crippen LogP contribution in [0.25, 0.3) is 0 Å². The second-order valence-corrected chi connectivity index (χ2v) is 5.74. The summed E-state index contributed by atoms with van der Waals surface area (Å²) in [6.07, 6.45) is 4.87. The van der Waals surface area contributed by atoms with Gasteiger partial charge in [0.15, 0.2) is 0 Å². The van der Waals surface area contributed by atoms with Gasteiger partial charge >= 0.3 is 0 Å². The molecule has 0 radical (unpaired) electrons. The van der Waals surface area contributed by atoms with Gasteiger partial charge in [0, 0.05) is 18.6 Å². The lowest BCUT2D eigenvalue weighted by molar-refractivity contribution is 0.0273. The summed E-state index contributed by atoms with van der Waals surface area (Å²) in [4.78, 5) is 4.75. The number of rotatable bonds is 8. The predicted octanol–water partition coefficient (Wildman–Crippen LogP) is 1.29. The SMILES string of the molecule is CCNC(C#N)CCN(C)CC1(N(C)C)CCC1. The maximum atomic E-state index is 9.01. The molecule has 1 aliphatic rings. The number of hydrogen-bond acceptors (Lipinski definition) is 4. The van der Waals surface area contributed by atoms with E-state index in [2.05, 4.69) is 42.3 Å². The zero-order chi connectivity index (χ0) is 13.6. The minimum Gasteiger partial charge on any atom is -0.304 e. The summed E-state index contributed by atoms with van der Waals surface area (Å²) < 4.78 is 0. The highest BCUT2D eigenvalue weighted by atomic mass is 15.2. The van der Waals surface area contributed by atoms with Crippen molar-refractivity contribution < 1.29 is 0 Å². The van der Waals surface area contributed by atoms with Crippen molar-refractivity contribution in [2.24, 2.45) is 0 Å². The topological polar surface area (TPSA) is 42.3 Å². The molecule has 1 atom stereocenters. The lowest BCUT2D eigenvalue weighted by Crippen LogP contribution is -2.56. The summed E-state index contributed by atoms with van der Waals surface area (Å²) in [5, 5.41) is 12.2. The summed E-state index contributed by atoms with van der Waals surface area (Å²) in [7, 11) is 6.54. The fourth-order valence-corrected chi connectivity index (χ4v) is 2.72. The van der Waals surface area contributed by atoms with Crippen LogP contribution in [0.15, 0.2) is 0 Å². The Morgan fingerprint density at radius 2 is 2.00 bits per heavy atom. The van der Waals surface area contributed by atoms with Crippen molar-refractivity contribution in [1.82, 2.24) is 15.1 Å². The number of nitriles is 1. The lowest BCUT2D eigenvalue weighted by atomic mass is 9.75. The van der Waals surface area contributed by atoms with E-state index in [0.717, 1.165) is 26.1 Å². The zero-order valence-electron chi connectivity index (χ0n) is 12.4. The Balaban J connectivity index is 2.33. The van der Waals surface area contributed by atoms with Crippen LogP contribution in [-0.2, 0) is 0 Å². The van der Waals surface area contributed by atoms with Crippen LogP contribution < -0.4 is 5.32 Å². The fraction of sp³-hybridized carbons (Fsp3) is 0.929. The van der Waals surface area contributed by atoms with E-state index in [0.29, 0.717) is 5.54 Å². The van der Waals surface area contributed by atoms with Gasteiger partial charge in [-0.15, -0.1) is 0 Å². The van der Waals surface area contributed by atoms with Gasteiger partial charge in [-0.1, -0.05) is 6.92 Å². The zero-order valence-corrected chi connectivity index (χ0v) is 12.4. The van der Waals surface area contributed by atoms with Crippen LogP contribution in [-0.4, -0.2) is 62.2 Å². The molecule has 0 bridgehead atoms. The largest absolute Gasteiger partial charge is 0.304 e. The van der Waals surface area contributed by atoms with Gasteiger partial charge in [0.25, 0.3) is 0 Å². The van der Waals surface area contributed by atoms with Crippen molar-refractivity contribution in [3.8, 4) is 6.07 Å². The van der Waals surface area contributed by atoms with E-state index in [1.54, 1.807) is 0 Å². The van der Waals surface area contributed by atoms with Gasteiger partial charge in [0.05, 0.1) is 12.1 Å². The Morgan fingerprint density at radius 3 is 2.39 bits per heavy atom. The number of likely N-dealkylation sites (N-methyl/N-ethyl adjacent to an activating group) is 2. The normalized spacial score (nSPS) is 19.6. The molecular formula is C14H28N4. The van der Waals surface area contributed by atoms with E-state index < -0.39 is 0 Å². The molecule has 0 aliphatic heterocycles. The molecule has 1 N–H and O–H groups in total. The van der Waals surface area contributed by atoms with Gasteiger partial charge in [0.2, 0.25) is 0 Å². The Bertz CT molecular complexity index is 278. The first kappa shape index (κ1) is 15.4. The van der Waals surface area contributed by atoms with Crippen LogP contribution in [0.5, 0.6) is 0 Å². The van der Waals surface area contributed by atoms with Crippen molar-refractivity contribution >= 4 is 0 Å². The molecule has 18 heavy (non-hydrogen) atoms. The molecule has 0 aromatic carbocycles. The number of nitrogens with zero attached hydrogens (tertiary/aromatic N) is 3. The first-order valence-corrected chi connectivity index (χ1v) is 7.03. The Labute approximate surface area is 112 Å². The van der Waals surface area contributed by atoms with Crippen LogP contribution in [0.3, 0.4) is 0 Å². The smallest absolute Gasteiger partial charge is 0.0965 e. The average molecular weight is 252 g/mol. The van der Waals surface area contributed by atoms with Crippen molar-refractivity contribution in [2.75, 3.05) is 40.8 Å². The van der Waals surface area contributed by atoms with Gasteiger partial charge < -0.3 is 15.1 Å². The third kappa shape index (κ3) is 3.94. The van der Waals surface area contributed by atoms with Crippen LogP contribution in [0.4, 0.5) is 0 Å². The van der Waals surface area contributed by atoms with E-state index in [9.17, 15) is 0 Å². The van der Waals surface area contributed by atoms with Gasteiger partial charge in [-0.25, -0.2) is 0 Å². The van der Waals surface area contributed by atoms with Crippen LogP contribution >= 0.6 is 0 Å². The van der Waals surface area contributed by atoms with Crippen LogP contribution in [0.1, 0.15) is 32.6 Å². The molecule has 1 aliphatic carbocycles. The molecule has 0 heterocycles. The maximum Gasteiger partial charge on any atom is 0.0965 e. The van der Waals surface area contributed by atoms with Gasteiger partial charge in [0.1, 0.15) is 0 Å². The third-order valence-corrected chi connectivity index (χ3v) is 4.20. The maximum absolute atomic E-state index is 9.01. The van der Waals surface area contributed by atoms with Crippen molar-refractivity contribution in [1.29, 1.82) is 5.26 Å². The molecular weight excluding hydrogens is 224 g/mol. The van der Waals surface area contributed by atoms with Crippen molar-refractivity contribution in [3.05, 3.63) is 0 Å². The van der Waals surface area contributed by atoms with Crippen LogP contribution in [0, 0.1) is 11.3 Å². The molecule has 0 aromatic heterocycles. The Kier molecular flexibility index (Phi) is 6.07. The first-order valence-electron chi connectivity index (χ1n) is 7.03. The molecule has 0 saturated heterocycles. The molecule has 0 amide bonds. The highest BCUT2D eigenvalue weighted by Crippen LogP contribution is 2.36. The van der Waals surface area contributed by atoms with E-state index >= 15 is 0 Å². The van der Waals surface area contributed by atoms with Crippen LogP contribution in [0.2, 0.25) is 0 Å². The van der Waals surface area contributed by atoms with Gasteiger partial charge in [-0.2, -0.15) is 5.26 Å². The Hall–Kier alpha value is -0.630. The molecule has 1 saturated carbocycles.